The van der Waals surface area contributed by atoms with Crippen LogP contribution >= 0.6 is 0 Å². The number of nitrogens with two attached hydrogens (primary N) is 1. The molecule has 4 nitrogen and oxygen atoms in total. The average Bonchev–Trinajstić information content (AvgIpc) is 2.75. The van der Waals surface area contributed by atoms with Gasteiger partial charge in [-0.2, -0.15) is 0 Å². The van der Waals surface area contributed by atoms with Crippen molar-refractivity contribution in [2.75, 3.05) is 7.11 Å². The van der Waals surface area contributed by atoms with Crippen molar-refractivity contribution in [3.8, 4) is 0 Å². The monoisotopic (exact) mass is 212 g/mol. The Hall–Kier alpha value is -0.840. The fourth-order valence-electron chi connectivity index (χ4n) is 1.73. The van der Waals surface area contributed by atoms with Crippen LogP contribution in [0.25, 0.3) is 0 Å². The second-order valence-electron chi connectivity index (χ2n) is 3.67. The van der Waals surface area contributed by atoms with Crippen LogP contribution in [-0.4, -0.2) is 19.3 Å². The number of hydrazine groups is 1. The predicted octanol–water partition coefficient (Wildman–Crippen LogP) is 1.47. The summed E-state index contributed by atoms with van der Waals surface area (Å²) < 4.78 is 10.4. The number of hydrogen-bond donors (Lipinski definition) is 2. The van der Waals surface area contributed by atoms with Gasteiger partial charge < -0.3 is 9.15 Å². The molecule has 0 spiro atoms. The number of methoxy groups -OCH3 is 1. The highest BCUT2D eigenvalue weighted by Crippen LogP contribution is 2.12. The molecule has 15 heavy (non-hydrogen) atoms. The SMILES string of the molecule is CCCC(OC)C(Cc1ccoc1)NN. The molecule has 1 aromatic rings. The van der Waals surface area contributed by atoms with Gasteiger partial charge in [0.15, 0.2) is 0 Å². The Kier molecular flexibility index (Phi) is 5.39. The number of ether oxygens (including phenoxy) is 1. The summed E-state index contributed by atoms with van der Waals surface area (Å²) in [6, 6.07) is 2.08. The lowest BCUT2D eigenvalue weighted by atomic mass is 10.0. The molecule has 1 aromatic heterocycles. The van der Waals surface area contributed by atoms with Gasteiger partial charge in [0.25, 0.3) is 0 Å². The Labute approximate surface area is 90.8 Å². The van der Waals surface area contributed by atoms with Crippen molar-refractivity contribution in [2.24, 2.45) is 5.84 Å². The molecule has 0 fully saturated rings. The van der Waals surface area contributed by atoms with Gasteiger partial charge in [-0.1, -0.05) is 13.3 Å². The van der Waals surface area contributed by atoms with E-state index in [2.05, 4.69) is 12.3 Å². The second kappa shape index (κ2) is 6.61. The Morgan fingerprint density at radius 3 is 2.87 bits per heavy atom. The van der Waals surface area contributed by atoms with E-state index in [-0.39, 0.29) is 12.1 Å². The van der Waals surface area contributed by atoms with E-state index in [0.29, 0.717) is 0 Å². The van der Waals surface area contributed by atoms with E-state index in [1.807, 2.05) is 6.07 Å². The van der Waals surface area contributed by atoms with E-state index < -0.39 is 0 Å². The Morgan fingerprint density at radius 2 is 2.40 bits per heavy atom. The third-order valence-corrected chi connectivity index (χ3v) is 2.57. The summed E-state index contributed by atoms with van der Waals surface area (Å²) in [6.07, 6.45) is 6.47. The summed E-state index contributed by atoms with van der Waals surface area (Å²) in [6.45, 7) is 2.14. The van der Waals surface area contributed by atoms with Crippen molar-refractivity contribution in [3.63, 3.8) is 0 Å². The molecule has 2 unspecified atom stereocenters. The average molecular weight is 212 g/mol. The number of hydrogen-bond acceptors (Lipinski definition) is 4. The van der Waals surface area contributed by atoms with E-state index in [0.717, 1.165) is 24.8 Å². The molecule has 0 amide bonds. The fourth-order valence-corrected chi connectivity index (χ4v) is 1.73. The summed E-state index contributed by atoms with van der Waals surface area (Å²) in [5.41, 5.74) is 3.94. The molecule has 0 aliphatic carbocycles. The molecule has 0 aliphatic heterocycles. The van der Waals surface area contributed by atoms with Gasteiger partial charge in [-0.25, -0.2) is 0 Å². The zero-order valence-electron chi connectivity index (χ0n) is 9.40. The maximum Gasteiger partial charge on any atom is 0.0935 e. The minimum absolute atomic E-state index is 0.132. The van der Waals surface area contributed by atoms with Crippen LogP contribution in [0.15, 0.2) is 23.0 Å². The molecule has 2 atom stereocenters. The zero-order chi connectivity index (χ0) is 11.1. The number of furan rings is 1. The van der Waals surface area contributed by atoms with E-state index in [4.69, 9.17) is 15.0 Å². The molecule has 86 valence electrons. The number of rotatable bonds is 7. The third kappa shape index (κ3) is 3.66. The predicted molar refractivity (Wildman–Crippen MR) is 59.2 cm³/mol. The lowest BCUT2D eigenvalue weighted by Crippen LogP contribution is -2.46. The molecular weight excluding hydrogens is 192 g/mol. The van der Waals surface area contributed by atoms with Crippen molar-refractivity contribution in [3.05, 3.63) is 24.2 Å². The van der Waals surface area contributed by atoms with Crippen molar-refractivity contribution in [2.45, 2.75) is 38.3 Å². The largest absolute Gasteiger partial charge is 0.472 e. The molecule has 1 heterocycles. The first-order valence-corrected chi connectivity index (χ1v) is 5.31. The summed E-state index contributed by atoms with van der Waals surface area (Å²) in [7, 11) is 1.72. The molecule has 0 aromatic carbocycles. The normalized spacial score (nSPS) is 15.1. The molecule has 3 N–H and O–H groups in total. The van der Waals surface area contributed by atoms with E-state index in [1.54, 1.807) is 19.6 Å². The van der Waals surface area contributed by atoms with Gasteiger partial charge in [-0.15, -0.1) is 0 Å². The maximum absolute atomic E-state index is 5.54. The first-order valence-electron chi connectivity index (χ1n) is 5.31. The smallest absolute Gasteiger partial charge is 0.0935 e. The van der Waals surface area contributed by atoms with Gasteiger partial charge in [0, 0.05) is 7.11 Å². The summed E-state index contributed by atoms with van der Waals surface area (Å²) in [5.74, 6) is 5.54. The summed E-state index contributed by atoms with van der Waals surface area (Å²) >= 11 is 0. The van der Waals surface area contributed by atoms with Crippen molar-refractivity contribution >= 4 is 0 Å². The highest BCUT2D eigenvalue weighted by atomic mass is 16.5. The Morgan fingerprint density at radius 1 is 1.60 bits per heavy atom. The van der Waals surface area contributed by atoms with Crippen LogP contribution in [0.4, 0.5) is 0 Å². The van der Waals surface area contributed by atoms with Gasteiger partial charge in [-0.3, -0.25) is 11.3 Å². The van der Waals surface area contributed by atoms with Crippen LogP contribution in [0.3, 0.4) is 0 Å². The van der Waals surface area contributed by atoms with Gasteiger partial charge in [0.2, 0.25) is 0 Å². The summed E-state index contributed by atoms with van der Waals surface area (Å²) in [4.78, 5) is 0. The van der Waals surface area contributed by atoms with Crippen molar-refractivity contribution in [1.82, 2.24) is 5.43 Å². The molecule has 0 bridgehead atoms. The molecule has 1 rings (SSSR count). The van der Waals surface area contributed by atoms with Gasteiger partial charge >= 0.3 is 0 Å². The van der Waals surface area contributed by atoms with Crippen LogP contribution < -0.4 is 11.3 Å². The number of nitrogens with one attached hydrogen (secondary N) is 1. The van der Waals surface area contributed by atoms with Crippen molar-refractivity contribution in [1.29, 1.82) is 0 Å². The highest BCUT2D eigenvalue weighted by Gasteiger charge is 2.19. The first-order chi connectivity index (χ1) is 7.31. The minimum Gasteiger partial charge on any atom is -0.472 e. The highest BCUT2D eigenvalue weighted by molar-refractivity contribution is 5.08. The zero-order valence-corrected chi connectivity index (χ0v) is 9.40. The van der Waals surface area contributed by atoms with Crippen LogP contribution in [0.2, 0.25) is 0 Å². The summed E-state index contributed by atoms with van der Waals surface area (Å²) in [5, 5.41) is 0. The molecule has 0 radical (unpaired) electrons. The molecule has 4 heteroatoms. The van der Waals surface area contributed by atoms with Gasteiger partial charge in [0.05, 0.1) is 24.7 Å². The van der Waals surface area contributed by atoms with Crippen LogP contribution in [0.5, 0.6) is 0 Å². The second-order valence-corrected chi connectivity index (χ2v) is 3.67. The van der Waals surface area contributed by atoms with E-state index in [1.165, 1.54) is 0 Å². The van der Waals surface area contributed by atoms with Crippen LogP contribution in [-0.2, 0) is 11.2 Å². The molecular formula is C11H20N2O2. The van der Waals surface area contributed by atoms with E-state index in [9.17, 15) is 0 Å². The van der Waals surface area contributed by atoms with Crippen LogP contribution in [0.1, 0.15) is 25.3 Å². The van der Waals surface area contributed by atoms with Gasteiger partial charge in [0.1, 0.15) is 0 Å². The quantitative estimate of drug-likeness (QED) is 0.531. The topological polar surface area (TPSA) is 60.4 Å². The standard InChI is InChI=1S/C11H20N2O2/c1-3-4-11(14-2)10(13-12)7-9-5-6-15-8-9/h5-6,8,10-11,13H,3-4,7,12H2,1-2H3. The van der Waals surface area contributed by atoms with Crippen molar-refractivity contribution < 1.29 is 9.15 Å². The third-order valence-electron chi connectivity index (χ3n) is 2.57. The van der Waals surface area contributed by atoms with Gasteiger partial charge in [-0.05, 0) is 24.5 Å². The Bertz CT molecular complexity index is 249. The maximum atomic E-state index is 5.54. The first kappa shape index (κ1) is 12.2. The molecule has 0 saturated heterocycles. The Balaban J connectivity index is 2.53. The lowest BCUT2D eigenvalue weighted by Gasteiger charge is -2.24. The minimum atomic E-state index is 0.132. The van der Waals surface area contributed by atoms with E-state index >= 15 is 0 Å². The molecule has 0 aliphatic rings. The molecule has 0 saturated carbocycles. The fraction of sp³-hybridized carbons (Fsp3) is 0.636. The lowest BCUT2D eigenvalue weighted by molar-refractivity contribution is 0.0609. The van der Waals surface area contributed by atoms with Crippen LogP contribution in [0, 0.1) is 0 Å².